The van der Waals surface area contributed by atoms with E-state index in [1.54, 1.807) is 50.3 Å². The minimum absolute atomic E-state index is 0.170. The van der Waals surface area contributed by atoms with Crippen molar-refractivity contribution in [2.45, 2.75) is 59.8 Å². The molecule has 22 nitrogen and oxygen atoms in total. The number of amides is 4. The molecule has 6 heterocycles. The zero-order chi connectivity index (χ0) is 49.3. The van der Waals surface area contributed by atoms with Gasteiger partial charge in [-0.25, -0.2) is 19.1 Å². The van der Waals surface area contributed by atoms with Crippen LogP contribution in [0.5, 0.6) is 11.5 Å². The van der Waals surface area contributed by atoms with E-state index >= 15 is 0 Å². The summed E-state index contributed by atoms with van der Waals surface area (Å²) in [6.45, 7) is 15.4. The molecule has 0 atom stereocenters. The van der Waals surface area contributed by atoms with Crippen LogP contribution in [0.1, 0.15) is 74.1 Å². The van der Waals surface area contributed by atoms with Crippen molar-refractivity contribution in [2.75, 3.05) is 89.5 Å². The van der Waals surface area contributed by atoms with Gasteiger partial charge in [-0.1, -0.05) is 12.2 Å². The fraction of sp³-hybridized carbons (Fsp3) is 0.458. The molecular weight excluding hydrogens is 901 g/mol. The van der Waals surface area contributed by atoms with Gasteiger partial charge in [-0.05, 0) is 63.9 Å². The molecule has 0 saturated carbocycles. The number of benzene rings is 2. The van der Waals surface area contributed by atoms with Crippen LogP contribution in [0.3, 0.4) is 0 Å². The summed E-state index contributed by atoms with van der Waals surface area (Å²) in [5.74, 6) is -0.945. The Bertz CT molecular complexity index is 2690. The van der Waals surface area contributed by atoms with Crippen molar-refractivity contribution in [3.8, 4) is 11.5 Å². The highest BCUT2D eigenvalue weighted by atomic mass is 16.5. The lowest BCUT2D eigenvalue weighted by atomic mass is 10.1. The van der Waals surface area contributed by atoms with Gasteiger partial charge in [-0.2, -0.15) is 5.10 Å². The zero-order valence-corrected chi connectivity index (χ0v) is 40.3. The maximum atomic E-state index is 14.0. The molecule has 0 aliphatic carbocycles. The third kappa shape index (κ3) is 11.5. The molecular formula is C48H63N14O8+. The second-order valence-corrected chi connectivity index (χ2v) is 17.3. The number of hydrogen-bond acceptors (Lipinski definition) is 13. The first-order valence-corrected chi connectivity index (χ1v) is 23.8. The van der Waals surface area contributed by atoms with E-state index in [-0.39, 0.29) is 42.0 Å². The quantitative estimate of drug-likeness (QED) is 0.0435. The number of allylic oxidation sites excluding steroid dienone is 2. The Morgan fingerprint density at radius 2 is 1.20 bits per heavy atom. The highest BCUT2D eigenvalue weighted by Gasteiger charge is 2.25. The summed E-state index contributed by atoms with van der Waals surface area (Å²) >= 11 is 0. The summed E-state index contributed by atoms with van der Waals surface area (Å²) in [5, 5.41) is 10.5. The van der Waals surface area contributed by atoms with E-state index in [1.807, 2.05) is 55.4 Å². The van der Waals surface area contributed by atoms with E-state index in [0.29, 0.717) is 116 Å². The summed E-state index contributed by atoms with van der Waals surface area (Å²) in [4.78, 5) is 67.5. The molecule has 2 aromatic carbocycles. The van der Waals surface area contributed by atoms with E-state index in [2.05, 4.69) is 25.5 Å². The Morgan fingerprint density at radius 3 is 1.66 bits per heavy atom. The summed E-state index contributed by atoms with van der Waals surface area (Å²) in [5.41, 5.74) is 15.4. The number of fused-ring (bicyclic) bond motifs is 2. The fourth-order valence-electron chi connectivity index (χ4n) is 8.78. The molecule has 4 amide bonds. The number of rotatable bonds is 22. The lowest BCUT2D eigenvalue weighted by Gasteiger charge is -2.26. The van der Waals surface area contributed by atoms with Crippen molar-refractivity contribution in [1.29, 1.82) is 0 Å². The van der Waals surface area contributed by atoms with Crippen molar-refractivity contribution in [3.05, 3.63) is 83.2 Å². The molecule has 0 radical (unpaired) electrons. The first-order chi connectivity index (χ1) is 33.9. The van der Waals surface area contributed by atoms with Crippen molar-refractivity contribution >= 4 is 57.6 Å². The number of aryl methyl sites for hydroxylation is 4. The van der Waals surface area contributed by atoms with E-state index in [9.17, 15) is 19.2 Å². The maximum Gasteiger partial charge on any atom is 0.301 e. The van der Waals surface area contributed by atoms with Crippen LogP contribution >= 0.6 is 0 Å². The average molecular weight is 964 g/mol. The SMILES string of the molecule is CCn1c[n+](C)cc1C(=O)Nc1nc2cc(C(N)=O)cc(OCCCN3CCOCC3)c2n1C/C=C/Cn1c(NC(=O)c2cc(C)nn2CC)nc2cc(C(N)=O)cc(OCCCN3CCOCC3)c21. The lowest BCUT2D eigenvalue weighted by Crippen LogP contribution is -2.37. The van der Waals surface area contributed by atoms with Gasteiger partial charge in [0.15, 0.2) is 0 Å². The van der Waals surface area contributed by atoms with E-state index in [4.69, 9.17) is 40.4 Å². The molecule has 2 aliphatic rings. The summed E-state index contributed by atoms with van der Waals surface area (Å²) < 4.78 is 32.8. The molecule has 0 unspecified atom stereocenters. The minimum atomic E-state index is -0.655. The van der Waals surface area contributed by atoms with E-state index < -0.39 is 17.7 Å². The molecule has 0 spiro atoms. The molecule has 0 bridgehead atoms. The summed E-state index contributed by atoms with van der Waals surface area (Å²) in [6.07, 6.45) is 8.77. The molecule has 4 aromatic heterocycles. The molecule has 2 fully saturated rings. The van der Waals surface area contributed by atoms with Crippen LogP contribution in [-0.4, -0.2) is 146 Å². The van der Waals surface area contributed by atoms with Crippen LogP contribution in [0.2, 0.25) is 0 Å². The Labute approximate surface area is 405 Å². The Kier molecular flexibility index (Phi) is 15.9. The molecule has 70 heavy (non-hydrogen) atoms. The highest BCUT2D eigenvalue weighted by molar-refractivity contribution is 6.05. The Balaban J connectivity index is 1.14. The number of carbonyl (C=O) groups excluding carboxylic acids is 4. The first kappa shape index (κ1) is 49.3. The van der Waals surface area contributed by atoms with Crippen molar-refractivity contribution < 1.29 is 42.7 Å². The number of hydrogen-bond donors (Lipinski definition) is 4. The van der Waals surface area contributed by atoms with Gasteiger partial charge in [0.05, 0.1) is 70.0 Å². The van der Waals surface area contributed by atoms with Gasteiger partial charge in [0.1, 0.15) is 34.4 Å². The van der Waals surface area contributed by atoms with Gasteiger partial charge in [-0.15, -0.1) is 0 Å². The zero-order valence-electron chi connectivity index (χ0n) is 40.3. The molecule has 2 saturated heterocycles. The maximum absolute atomic E-state index is 14.0. The van der Waals surface area contributed by atoms with Gasteiger partial charge >= 0.3 is 5.91 Å². The monoisotopic (exact) mass is 963 g/mol. The summed E-state index contributed by atoms with van der Waals surface area (Å²) in [6, 6.07) is 8.09. The third-order valence-electron chi connectivity index (χ3n) is 12.3. The molecule has 6 aromatic rings. The fourth-order valence-corrected chi connectivity index (χ4v) is 8.78. The second kappa shape index (κ2) is 22.5. The number of morpholine rings is 2. The van der Waals surface area contributed by atoms with Crippen LogP contribution in [0.25, 0.3) is 22.1 Å². The number of nitrogens with zero attached hydrogens (tertiary/aromatic N) is 10. The molecule has 6 N–H and O–H groups in total. The topological polar surface area (TPSA) is 250 Å². The Morgan fingerprint density at radius 1 is 0.714 bits per heavy atom. The largest absolute Gasteiger partial charge is 0.491 e. The minimum Gasteiger partial charge on any atom is -0.491 e. The number of carbonyl (C=O) groups is 4. The van der Waals surface area contributed by atoms with Crippen LogP contribution in [-0.2, 0) is 42.7 Å². The number of imidazole rings is 3. The normalized spacial score (nSPS) is 14.7. The van der Waals surface area contributed by atoms with Crippen molar-refractivity contribution in [3.63, 3.8) is 0 Å². The van der Waals surface area contributed by atoms with Crippen molar-refractivity contribution in [1.82, 2.24) is 43.2 Å². The highest BCUT2D eigenvalue weighted by Crippen LogP contribution is 2.33. The predicted octanol–water partition coefficient (Wildman–Crippen LogP) is 2.72. The predicted molar refractivity (Wildman–Crippen MR) is 260 cm³/mol. The Hall–Kier alpha value is -7.14. The van der Waals surface area contributed by atoms with Crippen LogP contribution in [0.15, 0.2) is 55.0 Å². The lowest BCUT2D eigenvalue weighted by molar-refractivity contribution is -0.671. The van der Waals surface area contributed by atoms with E-state index in [0.717, 1.165) is 39.3 Å². The first-order valence-electron chi connectivity index (χ1n) is 23.8. The standard InChI is InChI=1S/C48H62N14O8/c1-5-59-31-56(4)30-38(59)46(66)54-48-52-36-27-34(44(50)64)29-40(70-20-10-12-58-17-23-68-24-18-58)42(36)61(48)14-8-7-13-60-41-35(51-47(60)53-45(65)37-25-32(3)55-62(37)6-2)26-33(43(49)63)28-39(41)69-19-9-11-57-15-21-67-22-16-57/h7-8,25-31H,5-6,9-24H2,1-4H3,(H5-,49,50,51,52,53,54,63,64,65,66)/p+1/b8-7+. The second-order valence-electron chi connectivity index (χ2n) is 17.3. The number of nitrogens with two attached hydrogens (primary N) is 2. The van der Waals surface area contributed by atoms with Gasteiger partial charge in [-0.3, -0.25) is 44.3 Å². The van der Waals surface area contributed by atoms with Gasteiger partial charge < -0.3 is 39.5 Å². The molecule has 8 rings (SSSR count). The molecule has 22 heteroatoms. The van der Waals surface area contributed by atoms with Gasteiger partial charge in [0.25, 0.3) is 5.91 Å². The average Bonchev–Trinajstić information content (AvgIpc) is 4.13. The number of nitrogens with one attached hydrogen (secondary N) is 2. The van der Waals surface area contributed by atoms with E-state index in [1.165, 1.54) is 0 Å². The van der Waals surface area contributed by atoms with Gasteiger partial charge in [0.2, 0.25) is 35.7 Å². The molecule has 2 aliphatic heterocycles. The number of ether oxygens (including phenoxy) is 4. The third-order valence-corrected chi connectivity index (χ3v) is 12.3. The van der Waals surface area contributed by atoms with Crippen molar-refractivity contribution in [2.24, 2.45) is 18.5 Å². The van der Waals surface area contributed by atoms with Crippen LogP contribution < -0.4 is 36.1 Å². The van der Waals surface area contributed by atoms with Crippen LogP contribution in [0, 0.1) is 6.92 Å². The van der Waals surface area contributed by atoms with Gasteiger partial charge in [0, 0.05) is 70.0 Å². The van der Waals surface area contributed by atoms with Crippen LogP contribution in [0.4, 0.5) is 11.9 Å². The summed E-state index contributed by atoms with van der Waals surface area (Å²) in [7, 11) is 1.84. The smallest absolute Gasteiger partial charge is 0.301 e. The molecule has 372 valence electrons. The number of anilines is 2. The number of primary amides is 2. The number of aromatic nitrogens is 8.